The fourth-order valence-corrected chi connectivity index (χ4v) is 2.19. The summed E-state index contributed by atoms with van der Waals surface area (Å²) in [5.41, 5.74) is 2.38. The van der Waals surface area contributed by atoms with Crippen LogP contribution < -0.4 is 21.3 Å². The fraction of sp³-hybridized carbons (Fsp3) is 0.750. The lowest BCUT2D eigenvalue weighted by atomic mass is 9.93. The van der Waals surface area contributed by atoms with Crippen molar-refractivity contribution in [2.24, 2.45) is 5.84 Å². The molecule has 2 rings (SSSR count). The van der Waals surface area contributed by atoms with E-state index in [-0.39, 0.29) is 30.2 Å². The Balaban J connectivity index is 2.13. The molecule has 8 heteroatoms. The van der Waals surface area contributed by atoms with Crippen molar-refractivity contribution in [3.63, 3.8) is 0 Å². The SMILES string of the molecule is CC(C)Oc1nc(NN)nc(NC2CCCCC2O)n1. The van der Waals surface area contributed by atoms with Crippen molar-refractivity contribution in [1.82, 2.24) is 15.0 Å². The zero-order valence-corrected chi connectivity index (χ0v) is 11.8. The average molecular weight is 282 g/mol. The predicted octanol–water partition coefficient (Wildman–Crippen LogP) is 0.660. The van der Waals surface area contributed by atoms with Crippen molar-refractivity contribution >= 4 is 11.9 Å². The van der Waals surface area contributed by atoms with Crippen LogP contribution >= 0.6 is 0 Å². The van der Waals surface area contributed by atoms with Crippen LogP contribution in [0.1, 0.15) is 39.5 Å². The monoisotopic (exact) mass is 282 g/mol. The maximum absolute atomic E-state index is 9.97. The summed E-state index contributed by atoms with van der Waals surface area (Å²) in [5.74, 6) is 5.92. The number of aliphatic hydroxyl groups excluding tert-OH is 1. The predicted molar refractivity (Wildman–Crippen MR) is 75.3 cm³/mol. The molecule has 0 aromatic carbocycles. The van der Waals surface area contributed by atoms with Gasteiger partial charge in [-0.25, -0.2) is 5.84 Å². The number of nitrogens with two attached hydrogens (primary N) is 1. The van der Waals surface area contributed by atoms with E-state index in [1.54, 1.807) is 0 Å². The van der Waals surface area contributed by atoms with Crippen LogP contribution in [0.2, 0.25) is 0 Å². The van der Waals surface area contributed by atoms with Crippen LogP contribution in [0.4, 0.5) is 11.9 Å². The van der Waals surface area contributed by atoms with Gasteiger partial charge in [-0.3, -0.25) is 5.43 Å². The Kier molecular flexibility index (Phi) is 4.91. The summed E-state index contributed by atoms with van der Waals surface area (Å²) in [7, 11) is 0. The third-order valence-corrected chi connectivity index (χ3v) is 3.13. The molecule has 2 atom stereocenters. The summed E-state index contributed by atoms with van der Waals surface area (Å²) >= 11 is 0. The van der Waals surface area contributed by atoms with Gasteiger partial charge < -0.3 is 15.2 Å². The average Bonchev–Trinajstić information content (AvgIpc) is 2.40. The molecule has 0 radical (unpaired) electrons. The van der Waals surface area contributed by atoms with Gasteiger partial charge in [0.05, 0.1) is 18.2 Å². The molecule has 0 bridgehead atoms. The molecule has 1 aliphatic rings. The third kappa shape index (κ3) is 3.91. The summed E-state index contributed by atoms with van der Waals surface area (Å²) in [6.07, 6.45) is 3.38. The maximum atomic E-state index is 9.97. The number of hydrazine groups is 1. The zero-order chi connectivity index (χ0) is 14.5. The number of nitrogens with zero attached hydrogens (tertiary/aromatic N) is 3. The Morgan fingerprint density at radius 3 is 2.55 bits per heavy atom. The Hall–Kier alpha value is -1.67. The number of hydrogen-bond acceptors (Lipinski definition) is 8. The fourth-order valence-electron chi connectivity index (χ4n) is 2.19. The lowest BCUT2D eigenvalue weighted by Crippen LogP contribution is -2.37. The second-order valence-corrected chi connectivity index (χ2v) is 5.18. The molecule has 1 heterocycles. The maximum Gasteiger partial charge on any atom is 0.323 e. The molecular weight excluding hydrogens is 260 g/mol. The molecule has 0 saturated heterocycles. The minimum atomic E-state index is -0.385. The van der Waals surface area contributed by atoms with Crippen molar-refractivity contribution in [3.8, 4) is 6.01 Å². The van der Waals surface area contributed by atoms with Crippen molar-refractivity contribution in [3.05, 3.63) is 0 Å². The summed E-state index contributed by atoms with van der Waals surface area (Å²) in [5, 5.41) is 13.1. The van der Waals surface area contributed by atoms with Crippen LogP contribution in [0.15, 0.2) is 0 Å². The zero-order valence-electron chi connectivity index (χ0n) is 11.8. The molecule has 0 spiro atoms. The second kappa shape index (κ2) is 6.67. The quantitative estimate of drug-likeness (QED) is 0.459. The number of aliphatic hydroxyl groups is 1. The number of nitrogens with one attached hydrogen (secondary N) is 2. The van der Waals surface area contributed by atoms with Gasteiger partial charge in [0.2, 0.25) is 11.9 Å². The van der Waals surface area contributed by atoms with Crippen LogP contribution in [0.5, 0.6) is 6.01 Å². The normalized spacial score (nSPS) is 22.6. The number of ether oxygens (including phenoxy) is 1. The number of nitrogen functional groups attached to an aromatic ring is 1. The molecule has 112 valence electrons. The van der Waals surface area contributed by atoms with Gasteiger partial charge in [0.15, 0.2) is 0 Å². The first-order valence-corrected chi connectivity index (χ1v) is 6.92. The van der Waals surface area contributed by atoms with E-state index in [2.05, 4.69) is 25.7 Å². The van der Waals surface area contributed by atoms with Crippen LogP contribution in [0.3, 0.4) is 0 Å². The number of rotatable bonds is 5. The molecule has 20 heavy (non-hydrogen) atoms. The summed E-state index contributed by atoms with van der Waals surface area (Å²) in [6, 6.07) is 0.152. The van der Waals surface area contributed by atoms with Gasteiger partial charge in [0, 0.05) is 0 Å². The number of anilines is 2. The summed E-state index contributed by atoms with van der Waals surface area (Å²) in [6.45, 7) is 3.77. The van der Waals surface area contributed by atoms with E-state index < -0.39 is 0 Å². The Morgan fingerprint density at radius 2 is 1.90 bits per heavy atom. The van der Waals surface area contributed by atoms with Gasteiger partial charge in [-0.15, -0.1) is 0 Å². The van der Waals surface area contributed by atoms with E-state index >= 15 is 0 Å². The molecule has 1 aliphatic carbocycles. The molecule has 2 unspecified atom stereocenters. The standard InChI is InChI=1S/C12H22N6O2/c1-7(2)20-12-16-10(15-11(17-12)18-13)14-8-5-3-4-6-9(8)19/h7-9,19H,3-6,13H2,1-2H3,(H2,14,15,16,17,18). The Morgan fingerprint density at radius 1 is 1.20 bits per heavy atom. The van der Waals surface area contributed by atoms with E-state index in [0.29, 0.717) is 5.95 Å². The number of hydrogen-bond donors (Lipinski definition) is 4. The van der Waals surface area contributed by atoms with Gasteiger partial charge in [-0.2, -0.15) is 15.0 Å². The topological polar surface area (TPSA) is 118 Å². The van der Waals surface area contributed by atoms with Gasteiger partial charge >= 0.3 is 6.01 Å². The first kappa shape index (κ1) is 14.7. The largest absolute Gasteiger partial charge is 0.461 e. The van der Waals surface area contributed by atoms with Gasteiger partial charge in [0.25, 0.3) is 0 Å². The highest BCUT2D eigenvalue weighted by atomic mass is 16.5. The molecule has 5 N–H and O–H groups in total. The third-order valence-electron chi connectivity index (χ3n) is 3.13. The molecule has 1 aromatic heterocycles. The minimum absolute atomic E-state index is 0.0452. The van der Waals surface area contributed by atoms with Crippen LogP contribution in [-0.2, 0) is 0 Å². The molecule has 1 saturated carbocycles. The van der Waals surface area contributed by atoms with Gasteiger partial charge in [-0.1, -0.05) is 12.8 Å². The van der Waals surface area contributed by atoms with E-state index in [1.165, 1.54) is 0 Å². The van der Waals surface area contributed by atoms with E-state index in [1.807, 2.05) is 13.8 Å². The molecule has 0 aliphatic heterocycles. The van der Waals surface area contributed by atoms with Crippen molar-refractivity contribution in [2.45, 2.75) is 57.8 Å². The first-order chi connectivity index (χ1) is 9.58. The van der Waals surface area contributed by atoms with Gasteiger partial charge in [-0.05, 0) is 26.7 Å². The first-order valence-electron chi connectivity index (χ1n) is 6.92. The minimum Gasteiger partial charge on any atom is -0.461 e. The van der Waals surface area contributed by atoms with Crippen LogP contribution in [0.25, 0.3) is 0 Å². The lowest BCUT2D eigenvalue weighted by molar-refractivity contribution is 0.116. The Bertz CT molecular complexity index is 442. The van der Waals surface area contributed by atoms with Crippen molar-refractivity contribution in [1.29, 1.82) is 0 Å². The summed E-state index contributed by atoms with van der Waals surface area (Å²) < 4.78 is 5.45. The van der Waals surface area contributed by atoms with E-state index in [0.717, 1.165) is 25.7 Å². The second-order valence-electron chi connectivity index (χ2n) is 5.18. The molecule has 0 amide bonds. The molecular formula is C12H22N6O2. The highest BCUT2D eigenvalue weighted by Crippen LogP contribution is 2.22. The Labute approximate surface area is 118 Å². The van der Waals surface area contributed by atoms with Crippen LogP contribution in [0, 0.1) is 0 Å². The molecule has 1 fully saturated rings. The lowest BCUT2D eigenvalue weighted by Gasteiger charge is -2.28. The van der Waals surface area contributed by atoms with E-state index in [4.69, 9.17) is 10.6 Å². The molecule has 8 nitrogen and oxygen atoms in total. The van der Waals surface area contributed by atoms with Crippen molar-refractivity contribution in [2.75, 3.05) is 10.7 Å². The molecule has 1 aromatic rings. The van der Waals surface area contributed by atoms with Crippen molar-refractivity contribution < 1.29 is 9.84 Å². The highest BCUT2D eigenvalue weighted by molar-refractivity contribution is 5.36. The van der Waals surface area contributed by atoms with Gasteiger partial charge in [0.1, 0.15) is 0 Å². The van der Waals surface area contributed by atoms with Crippen LogP contribution in [-0.4, -0.2) is 38.3 Å². The number of aromatic nitrogens is 3. The summed E-state index contributed by atoms with van der Waals surface area (Å²) in [4.78, 5) is 12.3. The smallest absolute Gasteiger partial charge is 0.323 e. The highest BCUT2D eigenvalue weighted by Gasteiger charge is 2.24. The van der Waals surface area contributed by atoms with E-state index in [9.17, 15) is 5.11 Å².